The zero-order valence-electron chi connectivity index (χ0n) is 11.4. The molecule has 0 spiro atoms. The summed E-state index contributed by atoms with van der Waals surface area (Å²) in [6.45, 7) is -1.75. The van der Waals surface area contributed by atoms with E-state index in [1.54, 1.807) is 12.1 Å². The van der Waals surface area contributed by atoms with Gasteiger partial charge in [0.25, 0.3) is 5.91 Å². The van der Waals surface area contributed by atoms with Gasteiger partial charge in [0.1, 0.15) is 5.54 Å². The number of carbonyl (C=O) groups is 1. The van der Waals surface area contributed by atoms with Crippen LogP contribution in [0.1, 0.15) is 10.4 Å². The van der Waals surface area contributed by atoms with Crippen LogP contribution >= 0.6 is 0 Å². The van der Waals surface area contributed by atoms with E-state index in [1.807, 2.05) is 24.3 Å². The van der Waals surface area contributed by atoms with Crippen LogP contribution in [0.15, 0.2) is 36.4 Å². The average molecular weight is 290 g/mol. The minimum atomic E-state index is -1.48. The van der Waals surface area contributed by atoms with Crippen molar-refractivity contribution in [3.05, 3.63) is 42.0 Å². The van der Waals surface area contributed by atoms with Crippen molar-refractivity contribution in [3.8, 4) is 0 Å². The van der Waals surface area contributed by atoms with E-state index >= 15 is 0 Å². The topological polar surface area (TPSA) is 116 Å². The van der Waals surface area contributed by atoms with Crippen LogP contribution in [-0.4, -0.2) is 46.6 Å². The Bertz CT molecular complexity index is 645. The fraction of sp³-hybridized carbons (Fsp3) is 0.267. The maximum Gasteiger partial charge on any atom is 0.254 e. The third-order valence-electron chi connectivity index (χ3n) is 3.45. The first-order chi connectivity index (χ1) is 10.0. The lowest BCUT2D eigenvalue weighted by Gasteiger charge is -2.28. The van der Waals surface area contributed by atoms with Crippen LogP contribution in [0.25, 0.3) is 10.8 Å². The molecule has 0 saturated carbocycles. The molecule has 0 unspecified atom stereocenters. The number of aliphatic hydroxyl groups is 3. The first-order valence-corrected chi connectivity index (χ1v) is 6.48. The van der Waals surface area contributed by atoms with Crippen molar-refractivity contribution in [2.45, 2.75) is 5.54 Å². The molecule has 2 aromatic carbocycles. The maximum atomic E-state index is 12.3. The van der Waals surface area contributed by atoms with Gasteiger partial charge in [-0.1, -0.05) is 24.3 Å². The van der Waals surface area contributed by atoms with Gasteiger partial charge in [0, 0.05) is 5.69 Å². The summed E-state index contributed by atoms with van der Waals surface area (Å²) in [5.41, 5.74) is 4.92. The Kier molecular flexibility index (Phi) is 4.42. The standard InChI is InChI=1S/C15H18N2O4/c16-13-6-11-4-2-1-3-10(11)5-12(13)14(21)17-15(7-18,8-19)9-20/h1-6,18-20H,7-9,16H2,(H,17,21). The number of hydrogen-bond acceptors (Lipinski definition) is 5. The SMILES string of the molecule is Nc1cc2ccccc2cc1C(=O)NC(CO)(CO)CO. The highest BCUT2D eigenvalue weighted by Crippen LogP contribution is 2.22. The molecule has 6 heteroatoms. The molecule has 0 aliphatic heterocycles. The number of nitrogens with two attached hydrogens (primary N) is 1. The Morgan fingerprint density at radius 1 is 1.05 bits per heavy atom. The van der Waals surface area contributed by atoms with Gasteiger partial charge in [-0.2, -0.15) is 0 Å². The highest BCUT2D eigenvalue weighted by atomic mass is 16.3. The first kappa shape index (κ1) is 15.2. The molecule has 6 nitrogen and oxygen atoms in total. The molecule has 1 amide bonds. The number of rotatable bonds is 5. The molecule has 0 fully saturated rings. The predicted molar refractivity (Wildman–Crippen MR) is 79.8 cm³/mol. The molecule has 0 aliphatic rings. The molecular weight excluding hydrogens is 272 g/mol. The van der Waals surface area contributed by atoms with Gasteiger partial charge in [0.15, 0.2) is 0 Å². The molecule has 0 aromatic heterocycles. The number of carbonyl (C=O) groups excluding carboxylic acids is 1. The monoisotopic (exact) mass is 290 g/mol. The molecular formula is C15H18N2O4. The number of nitrogens with one attached hydrogen (secondary N) is 1. The van der Waals surface area contributed by atoms with Crippen molar-refractivity contribution in [1.29, 1.82) is 0 Å². The van der Waals surface area contributed by atoms with Crippen molar-refractivity contribution in [1.82, 2.24) is 5.32 Å². The smallest absolute Gasteiger partial charge is 0.254 e. The fourth-order valence-corrected chi connectivity index (χ4v) is 2.03. The van der Waals surface area contributed by atoms with Gasteiger partial charge in [-0.15, -0.1) is 0 Å². The van der Waals surface area contributed by atoms with E-state index in [0.717, 1.165) is 10.8 Å². The Morgan fingerprint density at radius 3 is 2.10 bits per heavy atom. The van der Waals surface area contributed by atoms with E-state index in [0.29, 0.717) is 0 Å². The Hall–Kier alpha value is -2.15. The Morgan fingerprint density at radius 2 is 1.57 bits per heavy atom. The van der Waals surface area contributed by atoms with Crippen LogP contribution in [0.2, 0.25) is 0 Å². The summed E-state index contributed by atoms with van der Waals surface area (Å²) in [7, 11) is 0. The first-order valence-electron chi connectivity index (χ1n) is 6.48. The average Bonchev–Trinajstić information content (AvgIpc) is 2.52. The number of benzene rings is 2. The summed E-state index contributed by atoms with van der Waals surface area (Å²) in [4.78, 5) is 12.3. The predicted octanol–water partition coefficient (Wildman–Crippen LogP) is -0.133. The van der Waals surface area contributed by atoms with Gasteiger partial charge in [-0.05, 0) is 22.9 Å². The Labute approximate surface area is 121 Å². The molecule has 0 bridgehead atoms. The van der Waals surface area contributed by atoms with Crippen molar-refractivity contribution in [2.24, 2.45) is 0 Å². The minimum absolute atomic E-state index is 0.230. The van der Waals surface area contributed by atoms with Gasteiger partial charge in [-0.3, -0.25) is 4.79 Å². The van der Waals surface area contributed by atoms with E-state index in [-0.39, 0.29) is 11.3 Å². The normalized spacial score (nSPS) is 11.6. The van der Waals surface area contributed by atoms with Gasteiger partial charge in [0.05, 0.1) is 25.4 Å². The molecule has 0 atom stereocenters. The Balaban J connectivity index is 2.37. The third-order valence-corrected chi connectivity index (χ3v) is 3.45. The van der Waals surface area contributed by atoms with E-state index in [9.17, 15) is 20.1 Å². The lowest BCUT2D eigenvalue weighted by atomic mass is 10.0. The number of nitrogen functional groups attached to an aromatic ring is 1. The molecule has 0 aliphatic carbocycles. The van der Waals surface area contributed by atoms with E-state index in [4.69, 9.17) is 5.73 Å². The van der Waals surface area contributed by atoms with Crippen molar-refractivity contribution in [2.75, 3.05) is 25.6 Å². The zero-order chi connectivity index (χ0) is 15.5. The summed E-state index contributed by atoms with van der Waals surface area (Å²) in [5, 5.41) is 31.9. The summed E-state index contributed by atoms with van der Waals surface area (Å²) < 4.78 is 0. The van der Waals surface area contributed by atoms with Gasteiger partial charge >= 0.3 is 0 Å². The lowest BCUT2D eigenvalue weighted by Crippen LogP contribution is -2.57. The quantitative estimate of drug-likeness (QED) is 0.492. The lowest BCUT2D eigenvalue weighted by molar-refractivity contribution is 0.0376. The van der Waals surface area contributed by atoms with Crippen LogP contribution in [0.3, 0.4) is 0 Å². The van der Waals surface area contributed by atoms with Crippen molar-refractivity contribution >= 4 is 22.4 Å². The number of fused-ring (bicyclic) bond motifs is 1. The van der Waals surface area contributed by atoms with Crippen LogP contribution in [0.4, 0.5) is 5.69 Å². The van der Waals surface area contributed by atoms with Gasteiger partial charge < -0.3 is 26.4 Å². The fourth-order valence-electron chi connectivity index (χ4n) is 2.03. The molecule has 112 valence electrons. The van der Waals surface area contributed by atoms with E-state index in [2.05, 4.69) is 5.32 Å². The van der Waals surface area contributed by atoms with Crippen molar-refractivity contribution in [3.63, 3.8) is 0 Å². The highest BCUT2D eigenvalue weighted by molar-refractivity contribution is 6.04. The molecule has 2 rings (SSSR count). The van der Waals surface area contributed by atoms with Gasteiger partial charge in [0.2, 0.25) is 0 Å². The molecule has 0 saturated heterocycles. The van der Waals surface area contributed by atoms with E-state index < -0.39 is 31.3 Å². The molecule has 6 N–H and O–H groups in total. The highest BCUT2D eigenvalue weighted by Gasteiger charge is 2.30. The molecule has 21 heavy (non-hydrogen) atoms. The van der Waals surface area contributed by atoms with Crippen LogP contribution in [-0.2, 0) is 0 Å². The van der Waals surface area contributed by atoms with E-state index in [1.165, 1.54) is 0 Å². The number of amides is 1. The van der Waals surface area contributed by atoms with Crippen LogP contribution in [0.5, 0.6) is 0 Å². The number of hydrogen-bond donors (Lipinski definition) is 5. The van der Waals surface area contributed by atoms with Gasteiger partial charge in [-0.25, -0.2) is 0 Å². The number of aliphatic hydroxyl groups excluding tert-OH is 3. The summed E-state index contributed by atoms with van der Waals surface area (Å²) in [6, 6.07) is 10.8. The zero-order valence-corrected chi connectivity index (χ0v) is 11.4. The second-order valence-corrected chi connectivity index (χ2v) is 5.00. The number of anilines is 1. The largest absolute Gasteiger partial charge is 0.398 e. The molecule has 2 aromatic rings. The molecule has 0 heterocycles. The maximum absolute atomic E-state index is 12.3. The second-order valence-electron chi connectivity index (χ2n) is 5.00. The molecule has 0 radical (unpaired) electrons. The van der Waals surface area contributed by atoms with Crippen LogP contribution < -0.4 is 11.1 Å². The third kappa shape index (κ3) is 2.97. The van der Waals surface area contributed by atoms with Crippen LogP contribution in [0, 0.1) is 0 Å². The minimum Gasteiger partial charge on any atom is -0.398 e. The second kappa shape index (κ2) is 6.09. The summed E-state index contributed by atoms with van der Waals surface area (Å²) in [6.07, 6.45) is 0. The summed E-state index contributed by atoms with van der Waals surface area (Å²) >= 11 is 0. The van der Waals surface area contributed by atoms with Crippen molar-refractivity contribution < 1.29 is 20.1 Å². The summed E-state index contributed by atoms with van der Waals surface area (Å²) in [5.74, 6) is -0.560.